The number of aromatic nitrogens is 4. The Hall–Kier alpha value is -6.95. The van der Waals surface area contributed by atoms with Gasteiger partial charge in [-0.2, -0.15) is 0 Å². The standard InChI is InChI=1S/C49H28N4S/c1-3-13-30(14-4-1)47-50-48(31-15-5-2-6-16-31)52-49(51-47)32-18-11-19-33(27-32)53-38-26-25-29-17-12-23-35-34-20-7-8-21-36(34)44-43-37-22-9-10-24-40(37)54-41(43)28-39(53)46(44)45(38)42(29)35/h1-28H. The summed E-state index contributed by atoms with van der Waals surface area (Å²) in [7, 11) is 0. The molecule has 8 aromatic carbocycles. The number of thiophene rings is 1. The molecule has 5 heteroatoms. The Morgan fingerprint density at radius 2 is 1.02 bits per heavy atom. The Morgan fingerprint density at radius 3 is 1.80 bits per heavy atom. The lowest BCUT2D eigenvalue weighted by Gasteiger charge is -2.15. The van der Waals surface area contributed by atoms with Gasteiger partial charge in [-0.15, -0.1) is 11.3 Å². The van der Waals surface area contributed by atoms with Crippen LogP contribution < -0.4 is 0 Å². The molecule has 0 saturated carbocycles. The first-order valence-electron chi connectivity index (χ1n) is 18.2. The summed E-state index contributed by atoms with van der Waals surface area (Å²) in [6.07, 6.45) is 0. The fraction of sp³-hybridized carbons (Fsp3) is 0. The molecule has 0 aliphatic heterocycles. The highest BCUT2D eigenvalue weighted by molar-refractivity contribution is 7.26. The minimum absolute atomic E-state index is 0.640. The molecule has 54 heavy (non-hydrogen) atoms. The van der Waals surface area contributed by atoms with E-state index in [9.17, 15) is 0 Å². The summed E-state index contributed by atoms with van der Waals surface area (Å²) in [5.41, 5.74) is 11.4. The van der Waals surface area contributed by atoms with Gasteiger partial charge in [0.1, 0.15) is 0 Å². The molecule has 4 nitrogen and oxygen atoms in total. The normalized spacial score (nSPS) is 12.1. The van der Waals surface area contributed by atoms with E-state index in [2.05, 4.69) is 138 Å². The molecule has 3 aromatic heterocycles. The SMILES string of the molecule is c1ccc(-c2nc(-c3ccccc3)nc(-c3cccc(-n4c5cc6sc7ccccc7c6c6c5c5c7c(cccc7ccc54)-c4ccccc4-6)c3)n2)cc1. The van der Waals surface area contributed by atoms with E-state index >= 15 is 0 Å². The van der Waals surface area contributed by atoms with E-state index in [0.717, 1.165) is 22.4 Å². The van der Waals surface area contributed by atoms with Gasteiger partial charge in [0.15, 0.2) is 17.5 Å². The van der Waals surface area contributed by atoms with Gasteiger partial charge >= 0.3 is 0 Å². The summed E-state index contributed by atoms with van der Waals surface area (Å²) in [5.74, 6) is 1.94. The highest BCUT2D eigenvalue weighted by atomic mass is 32.1. The van der Waals surface area contributed by atoms with Crippen molar-refractivity contribution in [3.8, 4) is 62.1 Å². The van der Waals surface area contributed by atoms with E-state index in [1.54, 1.807) is 0 Å². The van der Waals surface area contributed by atoms with Crippen molar-refractivity contribution < 1.29 is 0 Å². The van der Waals surface area contributed by atoms with Gasteiger partial charge in [0.25, 0.3) is 0 Å². The Kier molecular flexibility index (Phi) is 6.18. The molecule has 250 valence electrons. The van der Waals surface area contributed by atoms with Gasteiger partial charge in [0.2, 0.25) is 0 Å². The maximum absolute atomic E-state index is 5.08. The molecule has 3 heterocycles. The van der Waals surface area contributed by atoms with E-state index in [1.807, 2.05) is 47.7 Å². The van der Waals surface area contributed by atoms with Gasteiger partial charge in [-0.05, 0) is 57.8 Å². The van der Waals surface area contributed by atoms with Crippen molar-refractivity contribution in [2.24, 2.45) is 0 Å². The predicted molar refractivity (Wildman–Crippen MR) is 225 cm³/mol. The van der Waals surface area contributed by atoms with Crippen LogP contribution in [0.25, 0.3) is 115 Å². The number of hydrogen-bond donors (Lipinski definition) is 0. The second kappa shape index (κ2) is 11.3. The number of benzene rings is 8. The monoisotopic (exact) mass is 704 g/mol. The van der Waals surface area contributed by atoms with Crippen LogP contribution in [-0.4, -0.2) is 19.5 Å². The molecule has 0 N–H and O–H groups in total. The first-order valence-corrected chi connectivity index (χ1v) is 19.0. The smallest absolute Gasteiger partial charge is 0.164 e. The van der Waals surface area contributed by atoms with Gasteiger partial charge in [0.05, 0.1) is 11.0 Å². The van der Waals surface area contributed by atoms with Crippen molar-refractivity contribution >= 4 is 64.1 Å². The summed E-state index contributed by atoms with van der Waals surface area (Å²) in [5, 5.41) is 7.79. The minimum atomic E-state index is 0.640. The number of nitrogens with zero attached hydrogens (tertiary/aromatic N) is 4. The Morgan fingerprint density at radius 1 is 0.389 bits per heavy atom. The molecular weight excluding hydrogens is 677 g/mol. The van der Waals surface area contributed by atoms with Crippen LogP contribution >= 0.6 is 11.3 Å². The molecule has 0 amide bonds. The third kappa shape index (κ3) is 4.21. The molecular formula is C49H28N4S. The summed E-state index contributed by atoms with van der Waals surface area (Å²) in [6.45, 7) is 0. The molecule has 12 rings (SSSR count). The van der Waals surface area contributed by atoms with Crippen LogP contribution in [0.15, 0.2) is 170 Å². The number of fused-ring (bicyclic) bond motifs is 7. The summed E-state index contributed by atoms with van der Waals surface area (Å²) < 4.78 is 5.05. The fourth-order valence-corrected chi connectivity index (χ4v) is 9.82. The van der Waals surface area contributed by atoms with Crippen LogP contribution in [0.3, 0.4) is 0 Å². The van der Waals surface area contributed by atoms with Gasteiger partial charge in [-0.1, -0.05) is 140 Å². The van der Waals surface area contributed by atoms with E-state index < -0.39 is 0 Å². The molecule has 0 unspecified atom stereocenters. The molecule has 0 fully saturated rings. The average molecular weight is 705 g/mol. The van der Waals surface area contributed by atoms with Crippen LogP contribution in [0, 0.1) is 0 Å². The van der Waals surface area contributed by atoms with Crippen molar-refractivity contribution in [2.45, 2.75) is 0 Å². The van der Waals surface area contributed by atoms with Crippen molar-refractivity contribution in [1.29, 1.82) is 0 Å². The van der Waals surface area contributed by atoms with Crippen molar-refractivity contribution in [2.75, 3.05) is 0 Å². The van der Waals surface area contributed by atoms with Crippen LogP contribution in [0.1, 0.15) is 0 Å². The third-order valence-electron chi connectivity index (χ3n) is 11.0. The molecule has 0 saturated heterocycles. The van der Waals surface area contributed by atoms with Crippen molar-refractivity contribution in [3.05, 3.63) is 170 Å². The van der Waals surface area contributed by atoms with Crippen molar-refractivity contribution in [3.63, 3.8) is 0 Å². The lowest BCUT2D eigenvalue weighted by Crippen LogP contribution is -2.01. The second-order valence-corrected chi connectivity index (χ2v) is 15.0. The van der Waals surface area contributed by atoms with Crippen LogP contribution in [0.4, 0.5) is 0 Å². The van der Waals surface area contributed by atoms with E-state index in [0.29, 0.717) is 17.5 Å². The van der Waals surface area contributed by atoms with Gasteiger partial charge < -0.3 is 4.57 Å². The van der Waals surface area contributed by atoms with E-state index in [1.165, 1.54) is 75.0 Å². The molecule has 0 bridgehead atoms. The largest absolute Gasteiger partial charge is 0.309 e. The molecule has 1 aliphatic rings. The van der Waals surface area contributed by atoms with Gasteiger partial charge in [0, 0.05) is 58.9 Å². The lowest BCUT2D eigenvalue weighted by atomic mass is 9.91. The summed E-state index contributed by atoms with van der Waals surface area (Å²) in [4.78, 5) is 15.1. The van der Waals surface area contributed by atoms with Crippen LogP contribution in [0.5, 0.6) is 0 Å². The highest BCUT2D eigenvalue weighted by Crippen LogP contribution is 2.54. The Bertz CT molecular complexity index is 3270. The quantitative estimate of drug-likeness (QED) is 0.183. The zero-order valence-electron chi connectivity index (χ0n) is 28.9. The van der Waals surface area contributed by atoms with Crippen molar-refractivity contribution in [1.82, 2.24) is 19.5 Å². The topological polar surface area (TPSA) is 43.6 Å². The summed E-state index contributed by atoms with van der Waals surface area (Å²) in [6, 6.07) is 60.6. The zero-order chi connectivity index (χ0) is 35.3. The fourth-order valence-electron chi connectivity index (χ4n) is 8.67. The highest BCUT2D eigenvalue weighted by Gasteiger charge is 2.28. The predicted octanol–water partition coefficient (Wildman–Crippen LogP) is 13.1. The molecule has 1 aliphatic carbocycles. The zero-order valence-corrected chi connectivity index (χ0v) is 29.7. The molecule has 11 aromatic rings. The Balaban J connectivity index is 1.18. The maximum atomic E-state index is 5.08. The molecule has 0 atom stereocenters. The molecule has 0 radical (unpaired) electrons. The average Bonchev–Trinajstić information content (AvgIpc) is 3.74. The Labute approximate surface area is 314 Å². The number of hydrogen-bond acceptors (Lipinski definition) is 4. The second-order valence-electron chi connectivity index (χ2n) is 14.0. The van der Waals surface area contributed by atoms with Gasteiger partial charge in [-0.3, -0.25) is 0 Å². The first-order chi connectivity index (χ1) is 26.8. The van der Waals surface area contributed by atoms with Crippen LogP contribution in [0.2, 0.25) is 0 Å². The van der Waals surface area contributed by atoms with E-state index in [-0.39, 0.29) is 0 Å². The third-order valence-corrected chi connectivity index (χ3v) is 12.1. The summed E-state index contributed by atoms with van der Waals surface area (Å²) >= 11 is 1.88. The first kappa shape index (κ1) is 29.6. The van der Waals surface area contributed by atoms with Crippen LogP contribution in [-0.2, 0) is 0 Å². The van der Waals surface area contributed by atoms with E-state index in [4.69, 9.17) is 15.0 Å². The lowest BCUT2D eigenvalue weighted by molar-refractivity contribution is 1.07. The minimum Gasteiger partial charge on any atom is -0.309 e. The molecule has 0 spiro atoms. The van der Waals surface area contributed by atoms with Gasteiger partial charge in [-0.25, -0.2) is 15.0 Å². The number of rotatable bonds is 4. The maximum Gasteiger partial charge on any atom is 0.164 e.